The Labute approximate surface area is 103 Å². The molecule has 0 aromatic heterocycles. The van der Waals surface area contributed by atoms with Gasteiger partial charge in [-0.2, -0.15) is 13.2 Å². The number of hydrogen-bond acceptors (Lipinski definition) is 2. The summed E-state index contributed by atoms with van der Waals surface area (Å²) >= 11 is 3.36. The van der Waals surface area contributed by atoms with Crippen LogP contribution in [0.4, 0.5) is 13.2 Å². The van der Waals surface area contributed by atoms with Crippen LogP contribution in [-0.4, -0.2) is 37.3 Å². The van der Waals surface area contributed by atoms with E-state index in [1.165, 1.54) is 0 Å². The molecule has 1 unspecified atom stereocenters. The Hall–Kier alpha value is 0.190. The Balaban J connectivity index is 3.32. The van der Waals surface area contributed by atoms with Crippen molar-refractivity contribution < 1.29 is 17.9 Å². The van der Waals surface area contributed by atoms with E-state index in [0.29, 0.717) is 19.0 Å². The van der Waals surface area contributed by atoms with E-state index in [1.807, 2.05) is 0 Å². The standard InChI is InChI=1S/C10H19BrF3NO/c1-2-9(4-5-11)15-6-3-7-16-8-10(12,13)14/h9,15H,2-8H2,1H3. The van der Waals surface area contributed by atoms with Crippen LogP contribution in [0.3, 0.4) is 0 Å². The van der Waals surface area contributed by atoms with Gasteiger partial charge in [0.2, 0.25) is 0 Å². The fourth-order valence-electron chi connectivity index (χ4n) is 1.25. The van der Waals surface area contributed by atoms with E-state index in [0.717, 1.165) is 18.2 Å². The van der Waals surface area contributed by atoms with E-state index in [9.17, 15) is 13.2 Å². The Kier molecular flexibility index (Phi) is 9.35. The molecular weight excluding hydrogens is 287 g/mol. The highest BCUT2D eigenvalue weighted by Crippen LogP contribution is 2.14. The molecule has 1 N–H and O–H groups in total. The summed E-state index contributed by atoms with van der Waals surface area (Å²) in [6.45, 7) is 1.78. The second-order valence-corrected chi connectivity index (χ2v) is 4.35. The van der Waals surface area contributed by atoms with Crippen LogP contribution in [0.2, 0.25) is 0 Å². The van der Waals surface area contributed by atoms with E-state index in [4.69, 9.17) is 0 Å². The van der Waals surface area contributed by atoms with E-state index in [1.54, 1.807) is 0 Å². The van der Waals surface area contributed by atoms with Crippen molar-refractivity contribution in [2.75, 3.05) is 25.1 Å². The molecule has 0 amide bonds. The van der Waals surface area contributed by atoms with Crippen LogP contribution in [0.15, 0.2) is 0 Å². The summed E-state index contributed by atoms with van der Waals surface area (Å²) in [5, 5.41) is 4.21. The molecular formula is C10H19BrF3NO. The first kappa shape index (κ1) is 16.2. The van der Waals surface area contributed by atoms with Gasteiger partial charge in [0.25, 0.3) is 0 Å². The fraction of sp³-hybridized carbons (Fsp3) is 1.00. The maximum absolute atomic E-state index is 11.7. The fourth-order valence-corrected chi connectivity index (χ4v) is 1.80. The smallest absolute Gasteiger partial charge is 0.372 e. The van der Waals surface area contributed by atoms with Crippen molar-refractivity contribution in [2.45, 2.75) is 38.4 Å². The molecule has 98 valence electrons. The molecule has 1 atom stereocenters. The summed E-state index contributed by atoms with van der Waals surface area (Å²) in [4.78, 5) is 0. The third kappa shape index (κ3) is 10.7. The number of hydrogen-bond donors (Lipinski definition) is 1. The van der Waals surface area contributed by atoms with Gasteiger partial charge in [-0.05, 0) is 25.8 Å². The lowest BCUT2D eigenvalue weighted by Gasteiger charge is -2.15. The van der Waals surface area contributed by atoms with Crippen molar-refractivity contribution in [3.8, 4) is 0 Å². The third-order valence-corrected chi connectivity index (χ3v) is 2.57. The Morgan fingerprint density at radius 1 is 1.38 bits per heavy atom. The van der Waals surface area contributed by atoms with E-state index < -0.39 is 12.8 Å². The van der Waals surface area contributed by atoms with Gasteiger partial charge in [0.1, 0.15) is 6.61 Å². The maximum Gasteiger partial charge on any atom is 0.411 e. The van der Waals surface area contributed by atoms with Gasteiger partial charge in [-0.3, -0.25) is 0 Å². The highest BCUT2D eigenvalue weighted by atomic mass is 79.9. The zero-order valence-corrected chi connectivity index (χ0v) is 11.0. The molecule has 0 aliphatic carbocycles. The van der Waals surface area contributed by atoms with E-state index >= 15 is 0 Å². The number of halogens is 4. The van der Waals surface area contributed by atoms with Gasteiger partial charge in [-0.25, -0.2) is 0 Å². The zero-order chi connectivity index (χ0) is 12.4. The predicted molar refractivity (Wildman–Crippen MR) is 62.0 cm³/mol. The molecule has 0 radical (unpaired) electrons. The van der Waals surface area contributed by atoms with Crippen LogP contribution < -0.4 is 5.32 Å². The van der Waals surface area contributed by atoms with Crippen LogP contribution in [0, 0.1) is 0 Å². The second-order valence-electron chi connectivity index (χ2n) is 3.56. The molecule has 0 aromatic carbocycles. The summed E-state index contributed by atoms with van der Waals surface area (Å²) < 4.78 is 39.6. The van der Waals surface area contributed by atoms with Gasteiger partial charge < -0.3 is 10.1 Å². The van der Waals surface area contributed by atoms with Gasteiger partial charge in [0, 0.05) is 18.0 Å². The molecule has 0 saturated carbocycles. The highest BCUT2D eigenvalue weighted by Gasteiger charge is 2.27. The zero-order valence-electron chi connectivity index (χ0n) is 9.45. The van der Waals surface area contributed by atoms with Crippen molar-refractivity contribution in [3.63, 3.8) is 0 Å². The average Bonchev–Trinajstić information content (AvgIpc) is 2.20. The molecule has 0 bridgehead atoms. The largest absolute Gasteiger partial charge is 0.411 e. The van der Waals surface area contributed by atoms with Crippen molar-refractivity contribution in [2.24, 2.45) is 0 Å². The molecule has 0 aliphatic heterocycles. The highest BCUT2D eigenvalue weighted by molar-refractivity contribution is 9.09. The van der Waals surface area contributed by atoms with Crippen molar-refractivity contribution in [3.05, 3.63) is 0 Å². The van der Waals surface area contributed by atoms with E-state index in [2.05, 4.69) is 32.9 Å². The summed E-state index contributed by atoms with van der Waals surface area (Å²) in [5.74, 6) is 0. The Morgan fingerprint density at radius 3 is 2.56 bits per heavy atom. The van der Waals surface area contributed by atoms with Crippen molar-refractivity contribution in [1.29, 1.82) is 0 Å². The monoisotopic (exact) mass is 305 g/mol. The van der Waals surface area contributed by atoms with Crippen molar-refractivity contribution in [1.82, 2.24) is 5.32 Å². The number of ether oxygens (including phenoxy) is 1. The van der Waals surface area contributed by atoms with Crippen LogP contribution in [0.25, 0.3) is 0 Å². The molecule has 0 spiro atoms. The quantitative estimate of drug-likeness (QED) is 0.522. The molecule has 0 rings (SSSR count). The average molecular weight is 306 g/mol. The minimum atomic E-state index is -4.21. The summed E-state index contributed by atoms with van der Waals surface area (Å²) in [6.07, 6.45) is -1.56. The first-order chi connectivity index (χ1) is 7.49. The lowest BCUT2D eigenvalue weighted by Crippen LogP contribution is -2.30. The first-order valence-corrected chi connectivity index (χ1v) is 6.55. The number of nitrogens with one attached hydrogen (secondary N) is 1. The van der Waals surface area contributed by atoms with Gasteiger partial charge in [-0.1, -0.05) is 22.9 Å². The molecule has 0 aliphatic rings. The number of rotatable bonds is 9. The van der Waals surface area contributed by atoms with Crippen molar-refractivity contribution >= 4 is 15.9 Å². The Morgan fingerprint density at radius 2 is 2.06 bits per heavy atom. The Bertz CT molecular complexity index is 167. The minimum Gasteiger partial charge on any atom is -0.372 e. The lowest BCUT2D eigenvalue weighted by atomic mass is 10.2. The van der Waals surface area contributed by atoms with E-state index in [-0.39, 0.29) is 6.61 Å². The topological polar surface area (TPSA) is 21.3 Å². The summed E-state index contributed by atoms with van der Waals surface area (Å²) in [6, 6.07) is 0.432. The lowest BCUT2D eigenvalue weighted by molar-refractivity contribution is -0.173. The molecule has 0 aromatic rings. The SMILES string of the molecule is CCC(CCBr)NCCCOCC(F)(F)F. The van der Waals surface area contributed by atoms with Crippen LogP contribution in [0.1, 0.15) is 26.2 Å². The molecule has 2 nitrogen and oxygen atoms in total. The third-order valence-electron chi connectivity index (χ3n) is 2.11. The molecule has 0 fully saturated rings. The van der Waals surface area contributed by atoms with Gasteiger partial charge in [-0.15, -0.1) is 0 Å². The summed E-state index contributed by atoms with van der Waals surface area (Å²) in [5.41, 5.74) is 0. The molecule has 16 heavy (non-hydrogen) atoms. The molecule has 6 heteroatoms. The maximum atomic E-state index is 11.7. The van der Waals surface area contributed by atoms with Crippen LogP contribution in [-0.2, 0) is 4.74 Å². The predicted octanol–water partition coefficient (Wildman–Crippen LogP) is 3.11. The molecule has 0 saturated heterocycles. The van der Waals surface area contributed by atoms with Gasteiger partial charge in [0.05, 0.1) is 0 Å². The normalized spacial score (nSPS) is 14.1. The van der Waals surface area contributed by atoms with Gasteiger partial charge >= 0.3 is 6.18 Å². The molecule has 0 heterocycles. The minimum absolute atomic E-state index is 0.150. The second kappa shape index (κ2) is 9.24. The van der Waals surface area contributed by atoms with Crippen LogP contribution in [0.5, 0.6) is 0 Å². The first-order valence-electron chi connectivity index (χ1n) is 5.43. The summed E-state index contributed by atoms with van der Waals surface area (Å²) in [7, 11) is 0. The van der Waals surface area contributed by atoms with Gasteiger partial charge in [0.15, 0.2) is 0 Å². The van der Waals surface area contributed by atoms with Crippen LogP contribution >= 0.6 is 15.9 Å². The number of alkyl halides is 4.